The van der Waals surface area contributed by atoms with E-state index in [0.717, 1.165) is 39.3 Å². The molecule has 0 aliphatic carbocycles. The van der Waals surface area contributed by atoms with Crippen molar-refractivity contribution in [3.63, 3.8) is 0 Å². The SMILES string of the molecule is OCCOc1ccc(N(c2ccc(CCO)cc2)c2ccc(-c3ccc(CCO)cc3)cc2)cc1. The summed E-state index contributed by atoms with van der Waals surface area (Å²) in [4.78, 5) is 2.17. The third kappa shape index (κ3) is 6.28. The van der Waals surface area contributed by atoms with E-state index in [2.05, 4.69) is 65.6 Å². The van der Waals surface area contributed by atoms with Gasteiger partial charge in [0.15, 0.2) is 0 Å². The summed E-state index contributed by atoms with van der Waals surface area (Å²) in [5.74, 6) is 0.709. The summed E-state index contributed by atoms with van der Waals surface area (Å²) in [6.45, 7) is 0.516. The molecule has 4 aromatic carbocycles. The van der Waals surface area contributed by atoms with Gasteiger partial charge in [-0.2, -0.15) is 0 Å². The van der Waals surface area contributed by atoms with Gasteiger partial charge in [0.05, 0.1) is 6.61 Å². The molecule has 0 bridgehead atoms. The smallest absolute Gasteiger partial charge is 0.119 e. The maximum atomic E-state index is 9.25. The van der Waals surface area contributed by atoms with Crippen molar-refractivity contribution < 1.29 is 20.1 Å². The standard InChI is InChI=1S/C30H31NO4/c32-19-17-23-1-5-25(6-2-23)26-7-11-28(12-8-26)31(27-9-3-24(4-10-27)18-20-33)29-13-15-30(16-14-29)35-22-21-34/h1-16,32-34H,17-22H2. The topological polar surface area (TPSA) is 73.2 Å². The van der Waals surface area contributed by atoms with Gasteiger partial charge >= 0.3 is 0 Å². The molecule has 0 saturated carbocycles. The van der Waals surface area contributed by atoms with Crippen LogP contribution in [0.2, 0.25) is 0 Å². The lowest BCUT2D eigenvalue weighted by molar-refractivity contribution is 0.201. The van der Waals surface area contributed by atoms with Gasteiger partial charge in [-0.1, -0.05) is 48.5 Å². The number of nitrogens with zero attached hydrogens (tertiary/aromatic N) is 1. The molecule has 4 aromatic rings. The van der Waals surface area contributed by atoms with Gasteiger partial charge in [-0.25, -0.2) is 0 Å². The minimum absolute atomic E-state index is 0.0232. The second-order valence-corrected chi connectivity index (χ2v) is 8.26. The molecule has 0 atom stereocenters. The number of benzene rings is 4. The Kier molecular flexibility index (Phi) is 8.52. The summed E-state index contributed by atoms with van der Waals surface area (Å²) in [6.07, 6.45) is 1.29. The van der Waals surface area contributed by atoms with Gasteiger partial charge in [0.1, 0.15) is 12.4 Å². The quantitative estimate of drug-likeness (QED) is 0.279. The molecular formula is C30H31NO4. The molecular weight excluding hydrogens is 438 g/mol. The van der Waals surface area contributed by atoms with E-state index in [4.69, 9.17) is 14.9 Å². The molecule has 0 unspecified atom stereocenters. The van der Waals surface area contributed by atoms with Crippen LogP contribution in [0.25, 0.3) is 11.1 Å². The molecule has 0 saturated heterocycles. The molecule has 0 aromatic heterocycles. The highest BCUT2D eigenvalue weighted by Crippen LogP contribution is 2.36. The molecule has 0 radical (unpaired) electrons. The zero-order valence-corrected chi connectivity index (χ0v) is 19.7. The summed E-state index contributed by atoms with van der Waals surface area (Å²) in [7, 11) is 0. The van der Waals surface area contributed by atoms with Crippen molar-refractivity contribution in [2.24, 2.45) is 0 Å². The van der Waals surface area contributed by atoms with E-state index >= 15 is 0 Å². The summed E-state index contributed by atoms with van der Waals surface area (Å²) < 4.78 is 5.53. The van der Waals surface area contributed by atoms with Crippen molar-refractivity contribution in [3.8, 4) is 16.9 Å². The monoisotopic (exact) mass is 469 g/mol. The Labute approximate surface area is 206 Å². The lowest BCUT2D eigenvalue weighted by Crippen LogP contribution is -2.10. The number of aliphatic hydroxyl groups is 3. The van der Waals surface area contributed by atoms with E-state index < -0.39 is 0 Å². The van der Waals surface area contributed by atoms with Gasteiger partial charge in [-0.3, -0.25) is 0 Å². The minimum atomic E-state index is -0.0232. The predicted molar refractivity (Wildman–Crippen MR) is 141 cm³/mol. The fourth-order valence-electron chi connectivity index (χ4n) is 4.04. The van der Waals surface area contributed by atoms with Crippen LogP contribution in [0.3, 0.4) is 0 Å². The Bertz CT molecular complexity index is 1170. The van der Waals surface area contributed by atoms with E-state index in [1.54, 1.807) is 0 Å². The van der Waals surface area contributed by atoms with E-state index in [-0.39, 0.29) is 26.4 Å². The lowest BCUT2D eigenvalue weighted by Gasteiger charge is -2.26. The Morgan fingerprint density at radius 1 is 0.486 bits per heavy atom. The second kappa shape index (κ2) is 12.2. The van der Waals surface area contributed by atoms with E-state index in [1.807, 2.05) is 36.4 Å². The van der Waals surface area contributed by atoms with Crippen LogP contribution in [-0.2, 0) is 12.8 Å². The number of hydrogen-bond donors (Lipinski definition) is 3. The first-order chi connectivity index (χ1) is 17.2. The van der Waals surface area contributed by atoms with Crippen molar-refractivity contribution in [1.82, 2.24) is 0 Å². The first-order valence-electron chi connectivity index (χ1n) is 11.9. The average Bonchev–Trinajstić information content (AvgIpc) is 2.91. The van der Waals surface area contributed by atoms with Crippen molar-refractivity contribution in [3.05, 3.63) is 108 Å². The van der Waals surface area contributed by atoms with Crippen LogP contribution >= 0.6 is 0 Å². The fourth-order valence-corrected chi connectivity index (χ4v) is 4.04. The van der Waals surface area contributed by atoms with Gasteiger partial charge in [0, 0.05) is 30.3 Å². The first-order valence-corrected chi connectivity index (χ1v) is 11.9. The molecule has 5 heteroatoms. The highest BCUT2D eigenvalue weighted by atomic mass is 16.5. The highest BCUT2D eigenvalue weighted by molar-refractivity contribution is 5.78. The van der Waals surface area contributed by atoms with Crippen LogP contribution in [0.4, 0.5) is 17.1 Å². The normalized spacial score (nSPS) is 10.8. The summed E-state index contributed by atoms with van der Waals surface area (Å²) in [6, 6.07) is 32.7. The van der Waals surface area contributed by atoms with Crippen LogP contribution in [-0.4, -0.2) is 41.7 Å². The largest absolute Gasteiger partial charge is 0.491 e. The van der Waals surface area contributed by atoms with Crippen molar-refractivity contribution in [2.75, 3.05) is 31.3 Å². The molecule has 3 N–H and O–H groups in total. The fraction of sp³-hybridized carbons (Fsp3) is 0.200. The molecule has 0 amide bonds. The zero-order valence-electron chi connectivity index (χ0n) is 19.7. The highest BCUT2D eigenvalue weighted by Gasteiger charge is 2.13. The van der Waals surface area contributed by atoms with Crippen LogP contribution < -0.4 is 9.64 Å². The van der Waals surface area contributed by atoms with Crippen LogP contribution in [0.1, 0.15) is 11.1 Å². The third-order valence-corrected chi connectivity index (χ3v) is 5.86. The number of hydrogen-bond acceptors (Lipinski definition) is 5. The van der Waals surface area contributed by atoms with Gasteiger partial charge in [0.2, 0.25) is 0 Å². The van der Waals surface area contributed by atoms with Crippen LogP contribution in [0, 0.1) is 0 Å². The van der Waals surface area contributed by atoms with Gasteiger partial charge in [-0.05, 0) is 83.6 Å². The van der Waals surface area contributed by atoms with Gasteiger partial charge in [0.25, 0.3) is 0 Å². The first kappa shape index (κ1) is 24.5. The number of rotatable bonds is 11. The number of anilines is 3. The summed E-state index contributed by atoms with van der Waals surface area (Å²) in [5, 5.41) is 27.4. The second-order valence-electron chi connectivity index (χ2n) is 8.26. The molecule has 35 heavy (non-hydrogen) atoms. The van der Waals surface area contributed by atoms with Crippen LogP contribution in [0.5, 0.6) is 5.75 Å². The Hall–Kier alpha value is -3.64. The number of ether oxygens (including phenoxy) is 1. The summed E-state index contributed by atoms with van der Waals surface area (Å²) in [5.41, 5.74) is 7.47. The molecule has 5 nitrogen and oxygen atoms in total. The molecule has 0 aliphatic rings. The Morgan fingerprint density at radius 2 is 0.886 bits per heavy atom. The Balaban J connectivity index is 1.65. The molecule has 0 spiro atoms. The molecule has 0 heterocycles. The maximum Gasteiger partial charge on any atom is 0.119 e. The van der Waals surface area contributed by atoms with Gasteiger partial charge in [-0.15, -0.1) is 0 Å². The lowest BCUT2D eigenvalue weighted by atomic mass is 10.0. The predicted octanol–water partition coefficient (Wildman–Crippen LogP) is 5.26. The molecule has 0 aliphatic heterocycles. The molecule has 0 fully saturated rings. The van der Waals surface area contributed by atoms with Gasteiger partial charge < -0.3 is 25.0 Å². The molecule has 4 rings (SSSR count). The van der Waals surface area contributed by atoms with Crippen molar-refractivity contribution in [1.29, 1.82) is 0 Å². The average molecular weight is 470 g/mol. The van der Waals surface area contributed by atoms with Crippen LogP contribution in [0.15, 0.2) is 97.1 Å². The Morgan fingerprint density at radius 3 is 1.34 bits per heavy atom. The summed E-state index contributed by atoms with van der Waals surface area (Å²) >= 11 is 0. The van der Waals surface area contributed by atoms with Crippen molar-refractivity contribution >= 4 is 17.1 Å². The van der Waals surface area contributed by atoms with Crippen molar-refractivity contribution in [2.45, 2.75) is 12.8 Å². The molecule has 180 valence electrons. The minimum Gasteiger partial charge on any atom is -0.491 e. The number of aliphatic hydroxyl groups excluding tert-OH is 3. The third-order valence-electron chi connectivity index (χ3n) is 5.86. The van der Waals surface area contributed by atoms with E-state index in [0.29, 0.717) is 18.6 Å². The van der Waals surface area contributed by atoms with E-state index in [9.17, 15) is 5.11 Å². The van der Waals surface area contributed by atoms with E-state index in [1.165, 1.54) is 0 Å². The maximum absolute atomic E-state index is 9.25. The zero-order chi connectivity index (χ0) is 24.5.